The minimum Gasteiger partial charge on any atom is -0.421 e. The number of nitrogens with two attached hydrogens (primary N) is 1. The fraction of sp³-hybridized carbons (Fsp3) is 0.0667. The molecule has 94 valence electrons. The van der Waals surface area contributed by atoms with Gasteiger partial charge in [-0.2, -0.15) is 0 Å². The fourth-order valence-electron chi connectivity index (χ4n) is 2.03. The maximum absolute atomic E-state index is 5.84. The van der Waals surface area contributed by atoms with Gasteiger partial charge in [0.25, 0.3) is 0 Å². The van der Waals surface area contributed by atoms with E-state index in [1.54, 1.807) is 6.92 Å². The summed E-state index contributed by atoms with van der Waals surface area (Å²) in [5.41, 5.74) is 9.54. The van der Waals surface area contributed by atoms with Crippen LogP contribution in [0.4, 0.5) is 5.69 Å². The molecule has 0 saturated heterocycles. The molecular formula is C15H13N3O. The lowest BCUT2D eigenvalue weighted by atomic mass is 9.99. The molecule has 0 bridgehead atoms. The van der Waals surface area contributed by atoms with Crippen molar-refractivity contribution in [1.29, 1.82) is 0 Å². The van der Waals surface area contributed by atoms with E-state index in [1.165, 1.54) is 0 Å². The van der Waals surface area contributed by atoms with Crippen molar-refractivity contribution < 1.29 is 4.42 Å². The Morgan fingerprint density at radius 3 is 2.42 bits per heavy atom. The quantitative estimate of drug-likeness (QED) is 0.710. The van der Waals surface area contributed by atoms with Crippen LogP contribution < -0.4 is 5.73 Å². The molecule has 0 aliphatic heterocycles. The first-order chi connectivity index (χ1) is 9.24. The smallest absolute Gasteiger partial charge is 0.248 e. The number of nitrogen functional groups attached to an aromatic ring is 1. The van der Waals surface area contributed by atoms with Crippen LogP contribution in [0.1, 0.15) is 5.89 Å². The number of anilines is 1. The SMILES string of the molecule is Cc1nnc(-c2ccccc2-c2cccc(N)c2)o1. The van der Waals surface area contributed by atoms with E-state index in [-0.39, 0.29) is 0 Å². The molecule has 0 aliphatic rings. The van der Waals surface area contributed by atoms with Gasteiger partial charge in [-0.25, -0.2) is 0 Å². The second-order valence-corrected chi connectivity index (χ2v) is 4.30. The second-order valence-electron chi connectivity index (χ2n) is 4.30. The maximum atomic E-state index is 5.84. The predicted molar refractivity (Wildman–Crippen MR) is 74.3 cm³/mol. The summed E-state index contributed by atoms with van der Waals surface area (Å²) in [5.74, 6) is 1.08. The molecule has 4 nitrogen and oxygen atoms in total. The first-order valence-corrected chi connectivity index (χ1v) is 5.99. The topological polar surface area (TPSA) is 64.9 Å². The molecule has 0 atom stereocenters. The molecule has 0 unspecified atom stereocenters. The van der Waals surface area contributed by atoms with Gasteiger partial charge >= 0.3 is 0 Å². The molecule has 3 aromatic rings. The van der Waals surface area contributed by atoms with E-state index in [0.29, 0.717) is 11.8 Å². The molecular weight excluding hydrogens is 238 g/mol. The number of rotatable bonds is 2. The molecule has 0 spiro atoms. The summed E-state index contributed by atoms with van der Waals surface area (Å²) >= 11 is 0. The highest BCUT2D eigenvalue weighted by Crippen LogP contribution is 2.31. The lowest BCUT2D eigenvalue weighted by Crippen LogP contribution is -1.88. The Kier molecular flexibility index (Phi) is 2.76. The van der Waals surface area contributed by atoms with Crippen molar-refractivity contribution in [2.45, 2.75) is 6.92 Å². The Labute approximate surface area is 110 Å². The number of hydrogen-bond donors (Lipinski definition) is 1. The van der Waals surface area contributed by atoms with Gasteiger partial charge in [-0.3, -0.25) is 0 Å². The second kappa shape index (κ2) is 4.57. The monoisotopic (exact) mass is 251 g/mol. The number of benzene rings is 2. The van der Waals surface area contributed by atoms with Crippen molar-refractivity contribution in [3.63, 3.8) is 0 Å². The molecule has 19 heavy (non-hydrogen) atoms. The Morgan fingerprint density at radius 1 is 0.947 bits per heavy atom. The summed E-state index contributed by atoms with van der Waals surface area (Å²) in [6.07, 6.45) is 0. The zero-order chi connectivity index (χ0) is 13.2. The van der Waals surface area contributed by atoms with E-state index >= 15 is 0 Å². The zero-order valence-electron chi connectivity index (χ0n) is 10.5. The van der Waals surface area contributed by atoms with E-state index in [9.17, 15) is 0 Å². The third-order valence-electron chi connectivity index (χ3n) is 2.88. The first-order valence-electron chi connectivity index (χ1n) is 5.99. The molecule has 2 aromatic carbocycles. The number of nitrogens with zero attached hydrogens (tertiary/aromatic N) is 2. The van der Waals surface area contributed by atoms with Crippen LogP contribution in [0.5, 0.6) is 0 Å². The molecule has 0 aliphatic carbocycles. The molecule has 0 radical (unpaired) electrons. The van der Waals surface area contributed by atoms with Crippen LogP contribution in [0.3, 0.4) is 0 Å². The fourth-order valence-corrected chi connectivity index (χ4v) is 2.03. The Balaban J connectivity index is 2.17. The van der Waals surface area contributed by atoms with E-state index in [2.05, 4.69) is 10.2 Å². The van der Waals surface area contributed by atoms with Crippen LogP contribution in [0.15, 0.2) is 52.9 Å². The van der Waals surface area contributed by atoms with Crippen molar-refractivity contribution in [3.05, 3.63) is 54.4 Å². The summed E-state index contributed by atoms with van der Waals surface area (Å²) in [4.78, 5) is 0. The first kappa shape index (κ1) is 11.5. The van der Waals surface area contributed by atoms with Crippen molar-refractivity contribution in [2.24, 2.45) is 0 Å². The average molecular weight is 251 g/mol. The van der Waals surface area contributed by atoms with Crippen LogP contribution in [-0.2, 0) is 0 Å². The van der Waals surface area contributed by atoms with Crippen molar-refractivity contribution in [2.75, 3.05) is 5.73 Å². The van der Waals surface area contributed by atoms with Gasteiger partial charge in [-0.15, -0.1) is 10.2 Å². The van der Waals surface area contributed by atoms with Gasteiger partial charge in [0, 0.05) is 18.2 Å². The largest absolute Gasteiger partial charge is 0.421 e. The minimum absolute atomic E-state index is 0.524. The van der Waals surface area contributed by atoms with E-state index in [1.807, 2.05) is 48.5 Å². The van der Waals surface area contributed by atoms with Crippen molar-refractivity contribution in [1.82, 2.24) is 10.2 Å². The normalized spacial score (nSPS) is 10.6. The highest BCUT2D eigenvalue weighted by Gasteiger charge is 2.12. The van der Waals surface area contributed by atoms with Crippen LogP contribution >= 0.6 is 0 Å². The third kappa shape index (κ3) is 2.20. The van der Waals surface area contributed by atoms with E-state index < -0.39 is 0 Å². The molecule has 1 heterocycles. The Bertz CT molecular complexity index is 719. The highest BCUT2D eigenvalue weighted by molar-refractivity contribution is 5.81. The van der Waals surface area contributed by atoms with Crippen LogP contribution in [0, 0.1) is 6.92 Å². The summed E-state index contributed by atoms with van der Waals surface area (Å²) in [6, 6.07) is 15.6. The molecule has 4 heteroatoms. The van der Waals surface area contributed by atoms with Crippen LogP contribution in [0.25, 0.3) is 22.6 Å². The number of hydrogen-bond acceptors (Lipinski definition) is 4. The van der Waals surface area contributed by atoms with Gasteiger partial charge < -0.3 is 10.2 Å². The number of aromatic nitrogens is 2. The van der Waals surface area contributed by atoms with Crippen LogP contribution in [0.2, 0.25) is 0 Å². The molecule has 1 aromatic heterocycles. The number of aryl methyl sites for hydroxylation is 1. The lowest BCUT2D eigenvalue weighted by Gasteiger charge is -2.07. The molecule has 0 fully saturated rings. The van der Waals surface area contributed by atoms with Gasteiger partial charge in [0.05, 0.1) is 0 Å². The summed E-state index contributed by atoms with van der Waals surface area (Å²) in [7, 11) is 0. The van der Waals surface area contributed by atoms with E-state index in [0.717, 1.165) is 22.4 Å². The van der Waals surface area contributed by atoms with Crippen LogP contribution in [-0.4, -0.2) is 10.2 Å². The molecule has 2 N–H and O–H groups in total. The molecule has 0 saturated carbocycles. The third-order valence-corrected chi connectivity index (χ3v) is 2.88. The summed E-state index contributed by atoms with van der Waals surface area (Å²) in [5, 5.41) is 7.95. The molecule has 3 rings (SSSR count). The average Bonchev–Trinajstić information content (AvgIpc) is 2.85. The van der Waals surface area contributed by atoms with Gasteiger partial charge in [-0.1, -0.05) is 30.3 Å². The minimum atomic E-state index is 0.524. The Hall–Kier alpha value is -2.62. The van der Waals surface area contributed by atoms with Crippen molar-refractivity contribution in [3.8, 4) is 22.6 Å². The lowest BCUT2D eigenvalue weighted by molar-refractivity contribution is 0.533. The summed E-state index contributed by atoms with van der Waals surface area (Å²) in [6.45, 7) is 1.78. The predicted octanol–water partition coefficient (Wildman–Crippen LogP) is 3.29. The standard InChI is InChI=1S/C15H13N3O/c1-10-17-18-15(19-10)14-8-3-2-7-13(14)11-5-4-6-12(16)9-11/h2-9H,16H2,1H3. The zero-order valence-corrected chi connectivity index (χ0v) is 10.5. The van der Waals surface area contributed by atoms with E-state index in [4.69, 9.17) is 10.2 Å². The van der Waals surface area contributed by atoms with Gasteiger partial charge in [0.2, 0.25) is 11.8 Å². The van der Waals surface area contributed by atoms with Crippen molar-refractivity contribution >= 4 is 5.69 Å². The highest BCUT2D eigenvalue weighted by atomic mass is 16.4. The Morgan fingerprint density at radius 2 is 1.74 bits per heavy atom. The van der Waals surface area contributed by atoms with Gasteiger partial charge in [0.1, 0.15) is 0 Å². The van der Waals surface area contributed by atoms with Gasteiger partial charge in [-0.05, 0) is 29.3 Å². The molecule has 0 amide bonds. The summed E-state index contributed by atoms with van der Waals surface area (Å²) < 4.78 is 5.51. The van der Waals surface area contributed by atoms with Gasteiger partial charge in [0.15, 0.2) is 0 Å². The maximum Gasteiger partial charge on any atom is 0.248 e.